The van der Waals surface area contributed by atoms with Crippen LogP contribution >= 0.6 is 0 Å². The first-order valence-corrected chi connectivity index (χ1v) is 22.5. The molecule has 0 atom stereocenters. The minimum Gasteiger partial charge on any atom is -0.228 e. The summed E-state index contributed by atoms with van der Waals surface area (Å²) in [4.78, 5) is 10.5. The molecule has 0 spiro atoms. The van der Waals surface area contributed by atoms with Crippen LogP contribution in [0.4, 0.5) is 0 Å². The predicted molar refractivity (Wildman–Crippen MR) is 278 cm³/mol. The monoisotopic (exact) mass is 838 g/mol. The van der Waals surface area contributed by atoms with E-state index in [0.717, 1.165) is 50.3 Å². The van der Waals surface area contributed by atoms with Gasteiger partial charge in [-0.15, -0.1) is 0 Å². The summed E-state index contributed by atoms with van der Waals surface area (Å²) in [6.45, 7) is 0. The molecule has 0 aliphatic heterocycles. The first kappa shape index (κ1) is 38.9. The van der Waals surface area contributed by atoms with Crippen LogP contribution in [0.3, 0.4) is 0 Å². The van der Waals surface area contributed by atoms with Crippen molar-refractivity contribution in [1.29, 1.82) is 0 Å². The molecule has 0 N–H and O–H groups in total. The van der Waals surface area contributed by atoms with Crippen LogP contribution in [0.5, 0.6) is 0 Å². The summed E-state index contributed by atoms with van der Waals surface area (Å²) in [7, 11) is 0. The van der Waals surface area contributed by atoms with Crippen LogP contribution in [0.25, 0.3) is 122 Å². The van der Waals surface area contributed by atoms with E-state index in [1.54, 1.807) is 0 Å². The van der Waals surface area contributed by atoms with Gasteiger partial charge in [-0.05, 0) is 100 Å². The van der Waals surface area contributed by atoms with E-state index >= 15 is 0 Å². The van der Waals surface area contributed by atoms with Gasteiger partial charge in [0.25, 0.3) is 0 Å². The van der Waals surface area contributed by atoms with Gasteiger partial charge in [0.05, 0.1) is 11.4 Å². The lowest BCUT2D eigenvalue weighted by Crippen LogP contribution is -1.97. The van der Waals surface area contributed by atoms with E-state index in [-0.39, 0.29) is 0 Å². The molecular weight excluding hydrogens is 797 g/mol. The number of benzene rings is 11. The summed E-state index contributed by atoms with van der Waals surface area (Å²) >= 11 is 0. The Morgan fingerprint density at radius 1 is 0.212 bits per heavy atom. The maximum absolute atomic E-state index is 5.25. The van der Waals surface area contributed by atoms with E-state index in [1.165, 1.54) is 65.7 Å². The van der Waals surface area contributed by atoms with Crippen LogP contribution in [-0.2, 0) is 0 Å². The van der Waals surface area contributed by atoms with Crippen molar-refractivity contribution in [3.63, 3.8) is 0 Å². The fraction of sp³-hybridized carbons (Fsp3) is 0. The fourth-order valence-corrected chi connectivity index (χ4v) is 9.53. The Morgan fingerprint density at radius 3 is 1.27 bits per heavy atom. The molecule has 12 rings (SSSR count). The molecule has 2 heteroatoms. The lowest BCUT2D eigenvalue weighted by Gasteiger charge is -2.14. The molecule has 2 nitrogen and oxygen atoms in total. The van der Waals surface area contributed by atoms with Crippen LogP contribution in [0.2, 0.25) is 0 Å². The van der Waals surface area contributed by atoms with Gasteiger partial charge in [-0.25, -0.2) is 9.97 Å². The van der Waals surface area contributed by atoms with E-state index < -0.39 is 0 Å². The Bertz CT molecular complexity index is 3690. The van der Waals surface area contributed by atoms with Crippen molar-refractivity contribution in [2.24, 2.45) is 0 Å². The Hall–Kier alpha value is -8.72. The van der Waals surface area contributed by atoms with Crippen LogP contribution in [0, 0.1) is 0 Å². The molecule has 0 unspecified atom stereocenters. The topological polar surface area (TPSA) is 25.8 Å². The SMILES string of the molecule is c1ccc(-c2ccc(-c3cc(-c4ccccc4-c4ccccc4)nc(-c4ccc(-c5ccc(-c6ccc(-c7c8ccccc8cc8c7ccc7ccccc78)cc6)cc5)cc4)n3)cc2)cc1. The van der Waals surface area contributed by atoms with E-state index in [9.17, 15) is 0 Å². The second-order valence-electron chi connectivity index (χ2n) is 16.9. The fourth-order valence-electron chi connectivity index (χ4n) is 9.53. The highest BCUT2D eigenvalue weighted by molar-refractivity contribution is 6.20. The van der Waals surface area contributed by atoms with E-state index in [2.05, 4.69) is 249 Å². The summed E-state index contributed by atoms with van der Waals surface area (Å²) < 4.78 is 0. The molecular formula is C64H42N2. The van der Waals surface area contributed by atoms with Gasteiger partial charge in [0, 0.05) is 16.7 Å². The summed E-state index contributed by atoms with van der Waals surface area (Å²) in [5.41, 5.74) is 16.6. The van der Waals surface area contributed by atoms with Crippen molar-refractivity contribution >= 4 is 32.3 Å². The van der Waals surface area contributed by atoms with Crippen molar-refractivity contribution in [3.05, 3.63) is 255 Å². The van der Waals surface area contributed by atoms with Gasteiger partial charge in [-0.2, -0.15) is 0 Å². The number of nitrogens with zero attached hydrogens (tertiary/aromatic N) is 2. The standard InChI is InChI=1S/C64H42N2/c1-3-13-43(14-4-1)44-27-33-51(34-28-44)61-42-62(58-22-12-11-19-55(58)49-15-5-2-6-16-49)66-64(65-61)53-37-31-48(32-38-53)46-25-23-45(24-26-46)47-29-35-52(36-30-47)63-57-21-10-8-18-54(57)41-60-56-20-9-7-17-50(56)39-40-59(60)63/h1-42H. The third-order valence-electron chi connectivity index (χ3n) is 12.9. The minimum absolute atomic E-state index is 0.688. The number of rotatable bonds is 8. The van der Waals surface area contributed by atoms with Crippen molar-refractivity contribution in [2.75, 3.05) is 0 Å². The van der Waals surface area contributed by atoms with Crippen LogP contribution in [0.15, 0.2) is 255 Å². The van der Waals surface area contributed by atoms with Gasteiger partial charge in [0.1, 0.15) is 0 Å². The van der Waals surface area contributed by atoms with Crippen molar-refractivity contribution in [1.82, 2.24) is 9.97 Å². The molecule has 0 saturated carbocycles. The largest absolute Gasteiger partial charge is 0.228 e. The Morgan fingerprint density at radius 2 is 0.652 bits per heavy atom. The molecule has 0 saturated heterocycles. The van der Waals surface area contributed by atoms with Crippen molar-refractivity contribution in [3.8, 4) is 89.5 Å². The molecule has 0 radical (unpaired) electrons. The molecule has 66 heavy (non-hydrogen) atoms. The lowest BCUT2D eigenvalue weighted by molar-refractivity contribution is 1.18. The van der Waals surface area contributed by atoms with Gasteiger partial charge in [-0.1, -0.05) is 243 Å². The smallest absolute Gasteiger partial charge is 0.160 e. The first-order valence-electron chi connectivity index (χ1n) is 22.5. The molecule has 0 amide bonds. The molecule has 0 aliphatic rings. The summed E-state index contributed by atoms with van der Waals surface area (Å²) in [6, 6.07) is 91.3. The second-order valence-corrected chi connectivity index (χ2v) is 16.9. The lowest BCUT2D eigenvalue weighted by atomic mass is 9.89. The molecule has 1 aromatic heterocycles. The summed E-state index contributed by atoms with van der Waals surface area (Å²) in [5, 5.41) is 7.63. The normalized spacial score (nSPS) is 11.3. The maximum Gasteiger partial charge on any atom is 0.160 e. The van der Waals surface area contributed by atoms with Gasteiger partial charge >= 0.3 is 0 Å². The molecule has 0 aliphatic carbocycles. The third kappa shape index (κ3) is 7.31. The highest BCUT2D eigenvalue weighted by Gasteiger charge is 2.16. The second kappa shape index (κ2) is 16.8. The van der Waals surface area contributed by atoms with Gasteiger partial charge < -0.3 is 0 Å². The summed E-state index contributed by atoms with van der Waals surface area (Å²) in [6.07, 6.45) is 0. The number of hydrogen-bond donors (Lipinski definition) is 0. The van der Waals surface area contributed by atoms with Crippen molar-refractivity contribution < 1.29 is 0 Å². The Kier molecular flexibility index (Phi) is 9.89. The van der Waals surface area contributed by atoms with Crippen LogP contribution < -0.4 is 0 Å². The van der Waals surface area contributed by atoms with Crippen molar-refractivity contribution in [2.45, 2.75) is 0 Å². The molecule has 308 valence electrons. The number of fused-ring (bicyclic) bond motifs is 4. The first-order chi connectivity index (χ1) is 32.7. The zero-order valence-electron chi connectivity index (χ0n) is 36.1. The van der Waals surface area contributed by atoms with E-state index in [4.69, 9.17) is 9.97 Å². The van der Waals surface area contributed by atoms with Gasteiger partial charge in [0.2, 0.25) is 0 Å². The molecule has 1 heterocycles. The molecule has 0 bridgehead atoms. The van der Waals surface area contributed by atoms with E-state index in [0.29, 0.717) is 5.82 Å². The highest BCUT2D eigenvalue weighted by atomic mass is 14.9. The molecule has 11 aromatic carbocycles. The highest BCUT2D eigenvalue weighted by Crippen LogP contribution is 2.41. The molecule has 0 fully saturated rings. The number of aromatic nitrogens is 2. The third-order valence-corrected chi connectivity index (χ3v) is 12.9. The van der Waals surface area contributed by atoms with Crippen LogP contribution in [0.1, 0.15) is 0 Å². The average Bonchev–Trinajstić information content (AvgIpc) is 3.41. The number of hydrogen-bond acceptors (Lipinski definition) is 2. The van der Waals surface area contributed by atoms with Gasteiger partial charge in [0.15, 0.2) is 5.82 Å². The summed E-state index contributed by atoms with van der Waals surface area (Å²) in [5.74, 6) is 0.688. The maximum atomic E-state index is 5.25. The molecule has 12 aromatic rings. The van der Waals surface area contributed by atoms with Crippen LogP contribution in [-0.4, -0.2) is 9.97 Å². The minimum atomic E-state index is 0.688. The van der Waals surface area contributed by atoms with E-state index in [1.807, 2.05) is 6.07 Å². The van der Waals surface area contributed by atoms with Gasteiger partial charge in [-0.3, -0.25) is 0 Å². The Labute approximate surface area is 384 Å². The average molecular weight is 839 g/mol. The predicted octanol–water partition coefficient (Wildman–Crippen LogP) is 17.3. The Balaban J connectivity index is 0.854. The quantitative estimate of drug-likeness (QED) is 0.113. The zero-order valence-corrected chi connectivity index (χ0v) is 36.1. The zero-order chi connectivity index (χ0) is 43.8.